The molecule has 158 valence electrons. The Balaban J connectivity index is 1.68. The second-order valence-corrected chi connectivity index (χ2v) is 8.37. The van der Waals surface area contributed by atoms with Crippen molar-refractivity contribution in [1.29, 1.82) is 0 Å². The van der Waals surface area contributed by atoms with Crippen molar-refractivity contribution in [2.24, 2.45) is 0 Å². The maximum absolute atomic E-state index is 13.3. The second kappa shape index (κ2) is 8.09. The molecule has 1 heterocycles. The van der Waals surface area contributed by atoms with Crippen molar-refractivity contribution in [1.82, 2.24) is 0 Å². The Morgan fingerprint density at radius 3 is 2.59 bits per heavy atom. The van der Waals surface area contributed by atoms with Gasteiger partial charge in [-0.3, -0.25) is 14.9 Å². The van der Waals surface area contributed by atoms with Gasteiger partial charge in [0.1, 0.15) is 0 Å². The number of nitrogens with zero attached hydrogens (tertiary/aromatic N) is 2. The van der Waals surface area contributed by atoms with E-state index in [1.807, 2.05) is 66.7 Å². The summed E-state index contributed by atoms with van der Waals surface area (Å²) < 4.78 is 0. The average Bonchev–Trinajstić information content (AvgIpc) is 2.80. The quantitative estimate of drug-likeness (QED) is 0.269. The zero-order valence-electron chi connectivity index (χ0n) is 17.1. The molecule has 1 amide bonds. The van der Waals surface area contributed by atoms with E-state index in [0.717, 1.165) is 33.2 Å². The summed E-state index contributed by atoms with van der Waals surface area (Å²) in [7, 11) is 0. The number of hydrogen-bond donors (Lipinski definition) is 0. The smallest absolute Gasteiger partial charge is 0.269 e. The molecule has 0 bridgehead atoms. The third-order valence-corrected chi connectivity index (χ3v) is 6.21. The zero-order chi connectivity index (χ0) is 22.2. The van der Waals surface area contributed by atoms with Gasteiger partial charge < -0.3 is 4.90 Å². The van der Waals surface area contributed by atoms with Crippen LogP contribution in [0.25, 0.3) is 10.8 Å². The summed E-state index contributed by atoms with van der Waals surface area (Å²) in [5, 5.41) is 14.1. The third kappa shape index (κ3) is 3.61. The number of anilines is 1. The van der Waals surface area contributed by atoms with Crippen LogP contribution in [0.3, 0.4) is 0 Å². The molecule has 0 radical (unpaired) electrons. The Kier molecular flexibility index (Phi) is 5.11. The molecular weight excluding hydrogens is 424 g/mol. The second-order valence-electron chi connectivity index (χ2n) is 7.94. The molecule has 0 fully saturated rings. The lowest BCUT2D eigenvalue weighted by Gasteiger charge is -2.35. The summed E-state index contributed by atoms with van der Waals surface area (Å²) in [4.78, 5) is 26.1. The number of non-ortho nitro benzene ring substituents is 1. The maximum atomic E-state index is 13.3. The molecule has 5 rings (SSSR count). The molecule has 4 aromatic rings. The highest BCUT2D eigenvalue weighted by Gasteiger charge is 2.34. The molecule has 0 aromatic heterocycles. The van der Waals surface area contributed by atoms with Gasteiger partial charge in [0.2, 0.25) is 5.91 Å². The van der Waals surface area contributed by atoms with E-state index in [1.54, 1.807) is 17.0 Å². The summed E-state index contributed by atoms with van der Waals surface area (Å²) >= 11 is 6.16. The summed E-state index contributed by atoms with van der Waals surface area (Å²) in [6.07, 6.45) is 0.239. The minimum atomic E-state index is -0.399. The molecule has 0 saturated carbocycles. The molecule has 4 aromatic carbocycles. The van der Waals surface area contributed by atoms with Crippen LogP contribution in [0.15, 0.2) is 84.9 Å². The first-order valence-corrected chi connectivity index (χ1v) is 10.7. The number of carbonyl (C=O) groups is 1. The highest BCUT2D eigenvalue weighted by Crippen LogP contribution is 2.45. The fourth-order valence-corrected chi connectivity index (χ4v) is 4.75. The molecule has 1 atom stereocenters. The summed E-state index contributed by atoms with van der Waals surface area (Å²) in [6, 6.07) is 26.1. The van der Waals surface area contributed by atoms with Crippen molar-refractivity contribution in [2.45, 2.75) is 18.9 Å². The minimum absolute atomic E-state index is 0.0238. The fraction of sp³-hybridized carbons (Fsp3) is 0.115. The van der Waals surface area contributed by atoms with E-state index in [2.05, 4.69) is 0 Å². The molecule has 32 heavy (non-hydrogen) atoms. The monoisotopic (exact) mass is 442 g/mol. The Morgan fingerprint density at radius 2 is 1.78 bits per heavy atom. The maximum Gasteiger partial charge on any atom is 0.269 e. The molecule has 1 aliphatic heterocycles. The Bertz CT molecular complexity index is 1370. The van der Waals surface area contributed by atoms with Crippen molar-refractivity contribution in [3.8, 4) is 0 Å². The first-order valence-electron chi connectivity index (χ1n) is 10.3. The van der Waals surface area contributed by atoms with Gasteiger partial charge in [0.05, 0.1) is 11.5 Å². The molecule has 0 aliphatic carbocycles. The number of rotatable bonds is 4. The van der Waals surface area contributed by atoms with Gasteiger partial charge in [-0.1, -0.05) is 66.2 Å². The number of amides is 1. The summed E-state index contributed by atoms with van der Waals surface area (Å²) in [5.41, 5.74) is 3.59. The van der Waals surface area contributed by atoms with Crippen LogP contribution in [-0.2, 0) is 11.3 Å². The SMILES string of the molecule is O=C1CC(c2cccc([N+](=O)[O-])c2)c2c(ccc3ccccc23)N1Cc1cccc(Cl)c1. The average molecular weight is 443 g/mol. The number of benzene rings is 4. The lowest BCUT2D eigenvalue weighted by molar-refractivity contribution is -0.384. The normalized spacial score (nSPS) is 15.6. The van der Waals surface area contributed by atoms with E-state index in [4.69, 9.17) is 11.6 Å². The van der Waals surface area contributed by atoms with Crippen LogP contribution < -0.4 is 4.90 Å². The van der Waals surface area contributed by atoms with Gasteiger partial charge in [-0.05, 0) is 45.7 Å². The number of fused-ring (bicyclic) bond motifs is 3. The molecule has 1 aliphatic rings. The van der Waals surface area contributed by atoms with Crippen LogP contribution in [0.1, 0.15) is 29.0 Å². The molecule has 0 N–H and O–H groups in total. The van der Waals surface area contributed by atoms with Gasteiger partial charge in [-0.2, -0.15) is 0 Å². The fourth-order valence-electron chi connectivity index (χ4n) is 4.54. The van der Waals surface area contributed by atoms with Crippen LogP contribution in [0.4, 0.5) is 11.4 Å². The Labute approximate surface area is 190 Å². The van der Waals surface area contributed by atoms with E-state index in [-0.39, 0.29) is 23.9 Å². The highest BCUT2D eigenvalue weighted by atomic mass is 35.5. The van der Waals surface area contributed by atoms with Gasteiger partial charge in [-0.25, -0.2) is 0 Å². The van der Waals surface area contributed by atoms with E-state index in [9.17, 15) is 14.9 Å². The largest absolute Gasteiger partial charge is 0.308 e. The Hall–Kier alpha value is -3.70. The van der Waals surface area contributed by atoms with Crippen LogP contribution in [0, 0.1) is 10.1 Å². The lowest BCUT2D eigenvalue weighted by atomic mass is 9.81. The van der Waals surface area contributed by atoms with Gasteiger partial charge in [0.15, 0.2) is 0 Å². The van der Waals surface area contributed by atoms with E-state index < -0.39 is 4.92 Å². The van der Waals surface area contributed by atoms with Crippen molar-refractivity contribution < 1.29 is 9.72 Å². The molecule has 1 unspecified atom stereocenters. The van der Waals surface area contributed by atoms with Crippen LogP contribution in [0.5, 0.6) is 0 Å². The predicted molar refractivity (Wildman–Crippen MR) is 126 cm³/mol. The van der Waals surface area contributed by atoms with Crippen molar-refractivity contribution in [2.75, 3.05) is 4.90 Å². The van der Waals surface area contributed by atoms with Crippen LogP contribution in [-0.4, -0.2) is 10.8 Å². The molecule has 5 nitrogen and oxygen atoms in total. The van der Waals surface area contributed by atoms with Crippen LogP contribution in [0.2, 0.25) is 5.02 Å². The van der Waals surface area contributed by atoms with Gasteiger partial charge in [-0.15, -0.1) is 0 Å². The minimum Gasteiger partial charge on any atom is -0.308 e. The van der Waals surface area contributed by atoms with Crippen molar-refractivity contribution in [3.63, 3.8) is 0 Å². The number of hydrogen-bond acceptors (Lipinski definition) is 3. The topological polar surface area (TPSA) is 63.4 Å². The van der Waals surface area contributed by atoms with E-state index >= 15 is 0 Å². The third-order valence-electron chi connectivity index (χ3n) is 5.98. The Morgan fingerprint density at radius 1 is 0.969 bits per heavy atom. The lowest BCUT2D eigenvalue weighted by Crippen LogP contribution is -2.36. The zero-order valence-corrected chi connectivity index (χ0v) is 17.8. The highest BCUT2D eigenvalue weighted by molar-refractivity contribution is 6.30. The molecule has 0 spiro atoms. The van der Waals surface area contributed by atoms with Gasteiger partial charge >= 0.3 is 0 Å². The molecular formula is C26H19ClN2O3. The van der Waals surface area contributed by atoms with Crippen molar-refractivity contribution in [3.05, 3.63) is 117 Å². The summed E-state index contributed by atoms with van der Waals surface area (Å²) in [6.45, 7) is 0.409. The van der Waals surface area contributed by atoms with Crippen LogP contribution >= 0.6 is 11.6 Å². The molecule has 6 heteroatoms. The van der Waals surface area contributed by atoms with E-state index in [0.29, 0.717) is 11.6 Å². The standard InChI is InChI=1S/C26H19ClN2O3/c27-20-8-3-5-17(13-20)16-28-24-12-11-18-6-1-2-10-22(18)26(24)23(15-25(28)30)19-7-4-9-21(14-19)29(31)32/h1-14,23H,15-16H2. The van der Waals surface area contributed by atoms with Gasteiger partial charge in [0.25, 0.3) is 5.69 Å². The first kappa shape index (κ1) is 20.2. The number of carbonyl (C=O) groups excluding carboxylic acids is 1. The predicted octanol–water partition coefficient (Wildman–Crippen LogP) is 6.47. The van der Waals surface area contributed by atoms with Gasteiger partial charge in [0, 0.05) is 35.2 Å². The summed E-state index contributed by atoms with van der Waals surface area (Å²) in [5.74, 6) is -0.289. The molecule has 0 saturated heterocycles. The first-order chi connectivity index (χ1) is 15.5. The number of nitro groups is 1. The number of halogens is 1. The van der Waals surface area contributed by atoms with E-state index in [1.165, 1.54) is 6.07 Å². The van der Waals surface area contributed by atoms with Crippen molar-refractivity contribution >= 4 is 39.7 Å². The number of nitro benzene ring substituents is 1.